The van der Waals surface area contributed by atoms with E-state index in [1.54, 1.807) is 6.07 Å². The van der Waals surface area contributed by atoms with Crippen LogP contribution >= 0.6 is 0 Å². The minimum atomic E-state index is -3.48. The zero-order valence-corrected chi connectivity index (χ0v) is 14.3. The molecule has 0 bridgehead atoms. The van der Waals surface area contributed by atoms with Gasteiger partial charge in [0.1, 0.15) is 0 Å². The van der Waals surface area contributed by atoms with Crippen molar-refractivity contribution >= 4 is 15.7 Å². The second-order valence-electron chi connectivity index (χ2n) is 5.76. The Morgan fingerprint density at radius 3 is 2.12 bits per heavy atom. The number of para-hydroxylation sites is 1. The second kappa shape index (κ2) is 6.89. The van der Waals surface area contributed by atoms with Gasteiger partial charge >= 0.3 is 0 Å². The highest BCUT2D eigenvalue weighted by Crippen LogP contribution is 2.28. The number of anilines is 1. The molecule has 24 heavy (non-hydrogen) atoms. The van der Waals surface area contributed by atoms with Crippen LogP contribution in [0.25, 0.3) is 11.1 Å². The number of hydrogen-bond donors (Lipinski definition) is 1. The van der Waals surface area contributed by atoms with E-state index in [0.717, 1.165) is 22.3 Å². The Hall–Kier alpha value is -2.59. The summed E-state index contributed by atoms with van der Waals surface area (Å²) in [6.07, 6.45) is 0. The fourth-order valence-electron chi connectivity index (χ4n) is 2.55. The zero-order valence-electron chi connectivity index (χ0n) is 13.4. The summed E-state index contributed by atoms with van der Waals surface area (Å²) in [7, 11) is -3.48. The zero-order chi connectivity index (χ0) is 17.0. The topological polar surface area (TPSA) is 46.2 Å². The average Bonchev–Trinajstić information content (AvgIpc) is 2.58. The number of rotatable bonds is 5. The highest BCUT2D eigenvalue weighted by atomic mass is 32.2. The summed E-state index contributed by atoms with van der Waals surface area (Å²) < 4.78 is 27.8. The highest BCUT2D eigenvalue weighted by molar-refractivity contribution is 7.91. The lowest BCUT2D eigenvalue weighted by molar-refractivity contribution is 0.600. The van der Waals surface area contributed by atoms with Crippen molar-refractivity contribution in [2.45, 2.75) is 12.7 Å². The van der Waals surface area contributed by atoms with Crippen molar-refractivity contribution in [3.63, 3.8) is 0 Å². The first-order valence-corrected chi connectivity index (χ1v) is 9.39. The Balaban J connectivity index is 1.87. The van der Waals surface area contributed by atoms with Crippen LogP contribution in [-0.2, 0) is 15.8 Å². The van der Waals surface area contributed by atoms with Crippen LogP contribution in [0.2, 0.25) is 0 Å². The molecule has 0 aliphatic carbocycles. The van der Waals surface area contributed by atoms with Gasteiger partial charge in [-0.05, 0) is 24.1 Å². The highest BCUT2D eigenvalue weighted by Gasteiger charge is 2.14. The minimum absolute atomic E-state index is 0.0452. The minimum Gasteiger partial charge on any atom is -0.283 e. The predicted molar refractivity (Wildman–Crippen MR) is 99.3 cm³/mol. The van der Waals surface area contributed by atoms with Gasteiger partial charge in [0, 0.05) is 5.56 Å². The Morgan fingerprint density at radius 1 is 0.792 bits per heavy atom. The number of hydrogen-bond acceptors (Lipinski definition) is 2. The summed E-state index contributed by atoms with van der Waals surface area (Å²) in [4.78, 5) is 0. The summed E-state index contributed by atoms with van der Waals surface area (Å²) in [5.41, 5.74) is 4.32. The number of aryl methyl sites for hydroxylation is 1. The summed E-state index contributed by atoms with van der Waals surface area (Å²) in [6.45, 7) is 1.98. The van der Waals surface area contributed by atoms with Gasteiger partial charge in [-0.3, -0.25) is 4.72 Å². The van der Waals surface area contributed by atoms with Gasteiger partial charge in [-0.25, -0.2) is 8.42 Å². The van der Waals surface area contributed by atoms with E-state index < -0.39 is 10.0 Å². The molecule has 0 aromatic heterocycles. The van der Waals surface area contributed by atoms with Crippen LogP contribution in [0.3, 0.4) is 0 Å². The molecule has 4 heteroatoms. The molecule has 3 nitrogen and oxygen atoms in total. The fraction of sp³-hybridized carbons (Fsp3) is 0.100. The van der Waals surface area contributed by atoms with E-state index in [1.165, 1.54) is 0 Å². The molecule has 0 amide bonds. The molecule has 0 radical (unpaired) electrons. The molecule has 0 saturated carbocycles. The molecule has 0 fully saturated rings. The monoisotopic (exact) mass is 337 g/mol. The van der Waals surface area contributed by atoms with Crippen molar-refractivity contribution in [3.05, 3.63) is 90.0 Å². The number of sulfonamides is 1. The van der Waals surface area contributed by atoms with Crippen LogP contribution in [0.15, 0.2) is 78.9 Å². The Kier molecular flexibility index (Phi) is 4.67. The maximum atomic E-state index is 12.5. The molecule has 0 atom stereocenters. The van der Waals surface area contributed by atoms with Crippen LogP contribution in [0.5, 0.6) is 0 Å². The lowest BCUT2D eigenvalue weighted by Gasteiger charge is -2.13. The molecule has 1 N–H and O–H groups in total. The molecule has 0 saturated heterocycles. The maximum absolute atomic E-state index is 12.5. The van der Waals surface area contributed by atoms with Gasteiger partial charge in [-0.1, -0.05) is 78.4 Å². The van der Waals surface area contributed by atoms with E-state index >= 15 is 0 Å². The third-order valence-electron chi connectivity index (χ3n) is 3.75. The summed E-state index contributed by atoms with van der Waals surface area (Å²) >= 11 is 0. The van der Waals surface area contributed by atoms with E-state index in [2.05, 4.69) is 4.72 Å². The molecule has 3 aromatic carbocycles. The average molecular weight is 337 g/mol. The van der Waals surface area contributed by atoms with Crippen LogP contribution in [-0.4, -0.2) is 8.42 Å². The smallest absolute Gasteiger partial charge is 0.236 e. The summed E-state index contributed by atoms with van der Waals surface area (Å²) in [6, 6.07) is 24.7. The SMILES string of the molecule is Cc1ccc(CS(=O)(=O)Nc2ccccc2-c2ccccc2)cc1. The molecule has 0 aliphatic rings. The molecule has 0 unspecified atom stereocenters. The fourth-order valence-corrected chi connectivity index (χ4v) is 3.77. The lowest BCUT2D eigenvalue weighted by Crippen LogP contribution is -2.15. The van der Waals surface area contributed by atoms with E-state index in [9.17, 15) is 8.42 Å². The first-order valence-electron chi connectivity index (χ1n) is 7.74. The summed E-state index contributed by atoms with van der Waals surface area (Å²) in [5.74, 6) is -0.0452. The van der Waals surface area contributed by atoms with E-state index in [4.69, 9.17) is 0 Å². The van der Waals surface area contributed by atoms with E-state index in [0.29, 0.717) is 5.69 Å². The van der Waals surface area contributed by atoms with Crippen molar-refractivity contribution < 1.29 is 8.42 Å². The van der Waals surface area contributed by atoms with Crippen molar-refractivity contribution in [3.8, 4) is 11.1 Å². The lowest BCUT2D eigenvalue weighted by atomic mass is 10.0. The third kappa shape index (κ3) is 4.03. The third-order valence-corrected chi connectivity index (χ3v) is 5.00. The van der Waals surface area contributed by atoms with Crippen molar-refractivity contribution in [1.82, 2.24) is 0 Å². The Morgan fingerprint density at radius 2 is 1.42 bits per heavy atom. The molecule has 122 valence electrons. The van der Waals surface area contributed by atoms with Gasteiger partial charge in [0.25, 0.3) is 0 Å². The van der Waals surface area contributed by atoms with Crippen LogP contribution in [0.1, 0.15) is 11.1 Å². The normalized spacial score (nSPS) is 11.2. The van der Waals surface area contributed by atoms with Crippen LogP contribution in [0, 0.1) is 6.92 Å². The van der Waals surface area contributed by atoms with E-state index in [1.807, 2.05) is 79.7 Å². The van der Waals surface area contributed by atoms with Gasteiger partial charge in [0.05, 0.1) is 11.4 Å². The maximum Gasteiger partial charge on any atom is 0.236 e. The first-order chi connectivity index (χ1) is 11.5. The second-order valence-corrected chi connectivity index (χ2v) is 7.48. The largest absolute Gasteiger partial charge is 0.283 e. The van der Waals surface area contributed by atoms with Crippen LogP contribution in [0.4, 0.5) is 5.69 Å². The van der Waals surface area contributed by atoms with Gasteiger partial charge in [-0.15, -0.1) is 0 Å². The summed E-state index contributed by atoms with van der Waals surface area (Å²) in [5, 5.41) is 0. The van der Waals surface area contributed by atoms with Gasteiger partial charge < -0.3 is 0 Å². The number of benzene rings is 3. The molecule has 0 spiro atoms. The molecule has 3 aromatic rings. The molecule has 3 rings (SSSR count). The Bertz CT molecular complexity index is 917. The van der Waals surface area contributed by atoms with Crippen molar-refractivity contribution in [2.75, 3.05) is 4.72 Å². The van der Waals surface area contributed by atoms with Crippen molar-refractivity contribution in [1.29, 1.82) is 0 Å². The molecular weight excluding hydrogens is 318 g/mol. The molecule has 0 heterocycles. The number of nitrogens with one attached hydrogen (secondary N) is 1. The Labute approximate surface area is 143 Å². The van der Waals surface area contributed by atoms with Gasteiger partial charge in [0.2, 0.25) is 10.0 Å². The standard InChI is InChI=1S/C20H19NO2S/c1-16-11-13-17(14-12-16)15-24(22,23)21-20-10-6-5-9-19(20)18-7-3-2-4-8-18/h2-14,21H,15H2,1H3. The van der Waals surface area contributed by atoms with Gasteiger partial charge in [-0.2, -0.15) is 0 Å². The van der Waals surface area contributed by atoms with Gasteiger partial charge in [0.15, 0.2) is 0 Å². The van der Waals surface area contributed by atoms with E-state index in [-0.39, 0.29) is 5.75 Å². The predicted octanol–water partition coefficient (Wildman–Crippen LogP) is 4.60. The first kappa shape index (κ1) is 16.3. The quantitative estimate of drug-likeness (QED) is 0.739. The molecular formula is C20H19NO2S. The van der Waals surface area contributed by atoms with Crippen LogP contribution < -0.4 is 4.72 Å². The van der Waals surface area contributed by atoms with Crippen molar-refractivity contribution in [2.24, 2.45) is 0 Å². The molecule has 0 aliphatic heterocycles.